The van der Waals surface area contributed by atoms with Gasteiger partial charge in [-0.25, -0.2) is 9.18 Å². The molecule has 0 aliphatic carbocycles. The van der Waals surface area contributed by atoms with Crippen molar-refractivity contribution in [3.05, 3.63) is 28.5 Å². The van der Waals surface area contributed by atoms with E-state index in [2.05, 4.69) is 26.6 Å². The van der Waals surface area contributed by atoms with Crippen molar-refractivity contribution in [1.29, 1.82) is 0 Å². The summed E-state index contributed by atoms with van der Waals surface area (Å²) in [7, 11) is 0. The average Bonchev–Trinajstić information content (AvgIpc) is 2.38. The van der Waals surface area contributed by atoms with Crippen LogP contribution in [0.4, 0.5) is 14.9 Å². The SMILES string of the molecule is CC(CCC(=O)O)CNC(=O)Nc1ccc(Br)c(F)c1. The highest BCUT2D eigenvalue weighted by Crippen LogP contribution is 2.19. The molecule has 7 heteroatoms. The molecular weight excluding hydrogens is 331 g/mol. The minimum atomic E-state index is -0.855. The van der Waals surface area contributed by atoms with Crippen molar-refractivity contribution < 1.29 is 19.1 Å². The van der Waals surface area contributed by atoms with Crippen LogP contribution in [0.2, 0.25) is 0 Å². The van der Waals surface area contributed by atoms with Gasteiger partial charge in [-0.3, -0.25) is 4.79 Å². The third-order valence-corrected chi connectivity index (χ3v) is 3.28. The number of anilines is 1. The molecule has 5 nitrogen and oxygen atoms in total. The largest absolute Gasteiger partial charge is 0.481 e. The monoisotopic (exact) mass is 346 g/mol. The number of urea groups is 1. The lowest BCUT2D eigenvalue weighted by Gasteiger charge is -2.12. The molecule has 110 valence electrons. The van der Waals surface area contributed by atoms with Crippen molar-refractivity contribution in [3.8, 4) is 0 Å². The van der Waals surface area contributed by atoms with E-state index in [4.69, 9.17) is 5.11 Å². The average molecular weight is 347 g/mol. The summed E-state index contributed by atoms with van der Waals surface area (Å²) in [5.74, 6) is -1.26. The number of carboxylic acid groups (broad SMARTS) is 1. The Hall–Kier alpha value is -1.63. The Morgan fingerprint density at radius 3 is 2.75 bits per heavy atom. The van der Waals surface area contributed by atoms with Crippen LogP contribution in [-0.2, 0) is 4.79 Å². The third kappa shape index (κ3) is 6.01. The normalized spacial score (nSPS) is 11.8. The maximum Gasteiger partial charge on any atom is 0.319 e. The number of hydrogen-bond donors (Lipinski definition) is 3. The van der Waals surface area contributed by atoms with Crippen molar-refractivity contribution in [2.75, 3.05) is 11.9 Å². The fourth-order valence-electron chi connectivity index (χ4n) is 1.49. The van der Waals surface area contributed by atoms with Gasteiger partial charge < -0.3 is 15.7 Å². The minimum Gasteiger partial charge on any atom is -0.481 e. The van der Waals surface area contributed by atoms with Crippen LogP contribution in [0.1, 0.15) is 19.8 Å². The molecule has 1 unspecified atom stereocenters. The molecule has 1 aromatic carbocycles. The van der Waals surface area contributed by atoms with Gasteiger partial charge in [-0.15, -0.1) is 0 Å². The second-order valence-electron chi connectivity index (χ2n) is 4.50. The topological polar surface area (TPSA) is 78.4 Å². The van der Waals surface area contributed by atoms with Crippen molar-refractivity contribution >= 4 is 33.6 Å². The van der Waals surface area contributed by atoms with Gasteiger partial charge in [0.25, 0.3) is 0 Å². The number of hydrogen-bond acceptors (Lipinski definition) is 2. The molecule has 0 aromatic heterocycles. The predicted octanol–water partition coefficient (Wildman–Crippen LogP) is 3.21. The van der Waals surface area contributed by atoms with Gasteiger partial charge in [0.15, 0.2) is 0 Å². The summed E-state index contributed by atoms with van der Waals surface area (Å²) in [5, 5.41) is 13.7. The molecule has 0 spiro atoms. The van der Waals surface area contributed by atoms with Gasteiger partial charge in [0.05, 0.1) is 4.47 Å². The highest BCUT2D eigenvalue weighted by molar-refractivity contribution is 9.10. The highest BCUT2D eigenvalue weighted by Gasteiger charge is 2.08. The molecule has 1 rings (SSSR count). The number of carbonyl (C=O) groups is 2. The summed E-state index contributed by atoms with van der Waals surface area (Å²) >= 11 is 3.02. The van der Waals surface area contributed by atoms with Crippen molar-refractivity contribution in [1.82, 2.24) is 5.32 Å². The lowest BCUT2D eigenvalue weighted by Crippen LogP contribution is -2.32. The number of halogens is 2. The number of amides is 2. The molecule has 20 heavy (non-hydrogen) atoms. The molecular formula is C13H16BrFN2O3. The van der Waals surface area contributed by atoms with Crippen LogP contribution in [-0.4, -0.2) is 23.7 Å². The van der Waals surface area contributed by atoms with E-state index in [-0.39, 0.29) is 12.3 Å². The second kappa shape index (κ2) is 7.84. The summed E-state index contributed by atoms with van der Waals surface area (Å²) in [4.78, 5) is 22.0. The Morgan fingerprint density at radius 1 is 1.45 bits per heavy atom. The summed E-state index contributed by atoms with van der Waals surface area (Å²) in [6.45, 7) is 2.21. The number of carbonyl (C=O) groups excluding carboxylic acids is 1. The van der Waals surface area contributed by atoms with Gasteiger partial charge in [0, 0.05) is 18.7 Å². The van der Waals surface area contributed by atoms with Gasteiger partial charge in [0.2, 0.25) is 0 Å². The van der Waals surface area contributed by atoms with Crippen LogP contribution in [0.25, 0.3) is 0 Å². The van der Waals surface area contributed by atoms with Crippen molar-refractivity contribution in [3.63, 3.8) is 0 Å². The molecule has 0 heterocycles. The minimum absolute atomic E-state index is 0.0542. The van der Waals surface area contributed by atoms with E-state index in [1.807, 2.05) is 6.92 Å². The van der Waals surface area contributed by atoms with Gasteiger partial charge in [-0.1, -0.05) is 6.92 Å². The molecule has 1 atom stereocenters. The molecule has 0 saturated carbocycles. The number of benzene rings is 1. The third-order valence-electron chi connectivity index (χ3n) is 2.64. The molecule has 0 radical (unpaired) electrons. The summed E-state index contributed by atoms with van der Waals surface area (Å²) < 4.78 is 13.6. The van der Waals surface area contributed by atoms with Gasteiger partial charge in [0.1, 0.15) is 5.82 Å². The van der Waals surface area contributed by atoms with E-state index in [9.17, 15) is 14.0 Å². The Labute approximate surface area is 124 Å². The summed E-state index contributed by atoms with van der Waals surface area (Å²) in [6, 6.07) is 3.83. The van der Waals surface area contributed by atoms with E-state index in [0.29, 0.717) is 23.1 Å². The Balaban J connectivity index is 2.36. The second-order valence-corrected chi connectivity index (χ2v) is 5.36. The van der Waals surface area contributed by atoms with Crippen LogP contribution in [0, 0.1) is 11.7 Å². The van der Waals surface area contributed by atoms with E-state index in [1.165, 1.54) is 12.1 Å². The maximum atomic E-state index is 13.2. The Morgan fingerprint density at radius 2 is 2.15 bits per heavy atom. The van der Waals surface area contributed by atoms with Crippen LogP contribution >= 0.6 is 15.9 Å². The molecule has 0 bridgehead atoms. The quantitative estimate of drug-likeness (QED) is 0.739. The molecule has 0 aliphatic rings. The van der Waals surface area contributed by atoms with Crippen LogP contribution in [0.5, 0.6) is 0 Å². The fraction of sp³-hybridized carbons (Fsp3) is 0.385. The Bertz CT molecular complexity index is 497. The number of rotatable bonds is 6. The lowest BCUT2D eigenvalue weighted by atomic mass is 10.1. The smallest absolute Gasteiger partial charge is 0.319 e. The van der Waals surface area contributed by atoms with E-state index < -0.39 is 17.8 Å². The first kappa shape index (κ1) is 16.4. The van der Waals surface area contributed by atoms with E-state index in [1.54, 1.807) is 6.07 Å². The number of nitrogens with one attached hydrogen (secondary N) is 2. The van der Waals surface area contributed by atoms with Crippen molar-refractivity contribution in [2.24, 2.45) is 5.92 Å². The standard InChI is InChI=1S/C13H16BrFN2O3/c1-8(2-5-12(18)19)7-16-13(20)17-9-3-4-10(14)11(15)6-9/h3-4,6,8H,2,5,7H2,1H3,(H,18,19)(H2,16,17,20). The zero-order valence-corrected chi connectivity index (χ0v) is 12.5. The fourth-order valence-corrected chi connectivity index (χ4v) is 1.73. The predicted molar refractivity (Wildman–Crippen MR) is 77.2 cm³/mol. The zero-order chi connectivity index (χ0) is 15.1. The Kier molecular flexibility index (Phi) is 6.44. The van der Waals surface area contributed by atoms with E-state index >= 15 is 0 Å². The first-order valence-electron chi connectivity index (χ1n) is 6.10. The number of aliphatic carboxylic acids is 1. The van der Waals surface area contributed by atoms with E-state index in [0.717, 1.165) is 0 Å². The van der Waals surface area contributed by atoms with Gasteiger partial charge in [-0.05, 0) is 46.5 Å². The molecule has 0 fully saturated rings. The van der Waals surface area contributed by atoms with Gasteiger partial charge in [-0.2, -0.15) is 0 Å². The highest BCUT2D eigenvalue weighted by atomic mass is 79.9. The van der Waals surface area contributed by atoms with Gasteiger partial charge >= 0.3 is 12.0 Å². The molecule has 0 saturated heterocycles. The molecule has 2 amide bonds. The van der Waals surface area contributed by atoms with Crippen LogP contribution in [0.15, 0.2) is 22.7 Å². The van der Waals surface area contributed by atoms with Crippen LogP contribution in [0.3, 0.4) is 0 Å². The summed E-state index contributed by atoms with van der Waals surface area (Å²) in [5.41, 5.74) is 0.349. The number of carboxylic acids is 1. The first-order valence-corrected chi connectivity index (χ1v) is 6.89. The lowest BCUT2D eigenvalue weighted by molar-refractivity contribution is -0.137. The molecule has 1 aromatic rings. The maximum absolute atomic E-state index is 13.2. The van der Waals surface area contributed by atoms with Crippen LogP contribution < -0.4 is 10.6 Å². The van der Waals surface area contributed by atoms with Crippen molar-refractivity contribution in [2.45, 2.75) is 19.8 Å². The molecule has 0 aliphatic heterocycles. The molecule has 3 N–H and O–H groups in total. The zero-order valence-electron chi connectivity index (χ0n) is 11.0. The first-order chi connectivity index (χ1) is 9.38. The summed E-state index contributed by atoms with van der Waals surface area (Å²) in [6.07, 6.45) is 0.560.